The zero-order valence-electron chi connectivity index (χ0n) is 14.4. The first kappa shape index (κ1) is 18.9. The van der Waals surface area contributed by atoms with Crippen molar-refractivity contribution in [1.29, 1.82) is 0 Å². The van der Waals surface area contributed by atoms with Crippen LogP contribution in [-0.2, 0) is 14.3 Å². The maximum absolute atomic E-state index is 12.3. The van der Waals surface area contributed by atoms with Crippen molar-refractivity contribution in [3.63, 3.8) is 0 Å². The first-order valence-electron chi connectivity index (χ1n) is 7.82. The number of carbonyl (C=O) groups excluding carboxylic acids is 2. The molecule has 25 heavy (non-hydrogen) atoms. The molecule has 0 bridgehead atoms. The average molecular weight is 359 g/mol. The lowest BCUT2D eigenvalue weighted by Crippen LogP contribution is -2.30. The van der Waals surface area contributed by atoms with Crippen LogP contribution in [-0.4, -0.2) is 30.8 Å². The van der Waals surface area contributed by atoms with E-state index in [0.717, 1.165) is 10.5 Å². The lowest BCUT2D eigenvalue weighted by Gasteiger charge is -2.15. The van der Waals surface area contributed by atoms with E-state index in [9.17, 15) is 9.59 Å². The van der Waals surface area contributed by atoms with Crippen LogP contribution in [0.15, 0.2) is 53.4 Å². The number of aryl methyl sites for hydroxylation is 1. The van der Waals surface area contributed by atoms with Crippen LogP contribution >= 0.6 is 11.8 Å². The number of methoxy groups -OCH3 is 1. The number of thioether (sulfide) groups is 1. The van der Waals surface area contributed by atoms with Crippen LogP contribution in [0.3, 0.4) is 0 Å². The standard InChI is InChI=1S/C19H21NO4S/c1-13-9-10-17(23-3)16(11-13)20-19(22)14(2)24-18(21)12-25-15-7-5-4-6-8-15/h4-11,14H,12H2,1-3H3,(H,20,22)/t14-/m0/s1. The zero-order valence-corrected chi connectivity index (χ0v) is 15.3. The summed E-state index contributed by atoms with van der Waals surface area (Å²) in [6.07, 6.45) is -0.894. The Kier molecular flexibility index (Phi) is 6.89. The number of carbonyl (C=O) groups is 2. The molecule has 1 atom stereocenters. The summed E-state index contributed by atoms with van der Waals surface area (Å²) in [5, 5.41) is 2.73. The van der Waals surface area contributed by atoms with Crippen molar-refractivity contribution in [3.8, 4) is 5.75 Å². The predicted octanol–water partition coefficient (Wildman–Crippen LogP) is 3.67. The smallest absolute Gasteiger partial charge is 0.317 e. The molecule has 6 heteroatoms. The van der Waals surface area contributed by atoms with Crippen molar-refractivity contribution in [2.45, 2.75) is 24.8 Å². The summed E-state index contributed by atoms with van der Waals surface area (Å²) in [5.41, 5.74) is 1.54. The van der Waals surface area contributed by atoms with Gasteiger partial charge in [0.25, 0.3) is 5.91 Å². The molecule has 0 radical (unpaired) electrons. The molecule has 2 rings (SSSR count). The van der Waals surface area contributed by atoms with E-state index in [1.165, 1.54) is 18.9 Å². The van der Waals surface area contributed by atoms with E-state index >= 15 is 0 Å². The quantitative estimate of drug-likeness (QED) is 0.604. The Morgan fingerprint density at radius 3 is 2.56 bits per heavy atom. The Balaban J connectivity index is 1.87. The monoisotopic (exact) mass is 359 g/mol. The normalized spacial score (nSPS) is 11.5. The summed E-state index contributed by atoms with van der Waals surface area (Å²) >= 11 is 1.37. The summed E-state index contributed by atoms with van der Waals surface area (Å²) in [5.74, 6) is -0.137. The van der Waals surface area contributed by atoms with Gasteiger partial charge in [0.05, 0.1) is 18.6 Å². The van der Waals surface area contributed by atoms with E-state index in [-0.39, 0.29) is 5.75 Å². The van der Waals surface area contributed by atoms with Crippen molar-refractivity contribution in [2.75, 3.05) is 18.2 Å². The van der Waals surface area contributed by atoms with Gasteiger partial charge >= 0.3 is 5.97 Å². The Hall–Kier alpha value is -2.47. The number of hydrogen-bond acceptors (Lipinski definition) is 5. The lowest BCUT2D eigenvalue weighted by atomic mass is 10.2. The number of nitrogens with one attached hydrogen (secondary N) is 1. The van der Waals surface area contributed by atoms with Crippen LogP contribution in [0.2, 0.25) is 0 Å². The largest absolute Gasteiger partial charge is 0.495 e. The van der Waals surface area contributed by atoms with Gasteiger partial charge in [-0.3, -0.25) is 9.59 Å². The predicted molar refractivity (Wildman–Crippen MR) is 99.1 cm³/mol. The molecule has 5 nitrogen and oxygen atoms in total. The molecular weight excluding hydrogens is 338 g/mol. The van der Waals surface area contributed by atoms with Gasteiger partial charge in [0.1, 0.15) is 5.75 Å². The molecule has 0 heterocycles. The summed E-state index contributed by atoms with van der Waals surface area (Å²) in [7, 11) is 1.53. The summed E-state index contributed by atoms with van der Waals surface area (Å²) < 4.78 is 10.4. The molecule has 2 aromatic rings. The van der Waals surface area contributed by atoms with Crippen molar-refractivity contribution in [1.82, 2.24) is 0 Å². The van der Waals surface area contributed by atoms with E-state index in [2.05, 4.69) is 5.32 Å². The minimum atomic E-state index is -0.894. The number of amides is 1. The fourth-order valence-electron chi connectivity index (χ4n) is 2.10. The second-order valence-corrected chi connectivity index (χ2v) is 6.48. The van der Waals surface area contributed by atoms with Crippen LogP contribution in [0, 0.1) is 6.92 Å². The molecule has 0 aromatic heterocycles. The number of hydrogen-bond donors (Lipinski definition) is 1. The third-order valence-corrected chi connectivity index (χ3v) is 4.38. The molecule has 1 N–H and O–H groups in total. The molecule has 2 aromatic carbocycles. The Bertz CT molecular complexity index is 733. The van der Waals surface area contributed by atoms with Crippen molar-refractivity contribution in [2.24, 2.45) is 0 Å². The van der Waals surface area contributed by atoms with E-state index in [4.69, 9.17) is 9.47 Å². The summed E-state index contributed by atoms with van der Waals surface area (Å²) in [4.78, 5) is 25.1. The van der Waals surface area contributed by atoms with E-state index in [1.807, 2.05) is 43.3 Å². The van der Waals surface area contributed by atoms with Gasteiger partial charge in [-0.1, -0.05) is 24.3 Å². The van der Waals surface area contributed by atoms with Gasteiger partial charge in [0, 0.05) is 4.90 Å². The highest BCUT2D eigenvalue weighted by atomic mass is 32.2. The average Bonchev–Trinajstić information content (AvgIpc) is 2.61. The molecule has 0 unspecified atom stereocenters. The molecule has 132 valence electrons. The van der Waals surface area contributed by atoms with Gasteiger partial charge in [-0.25, -0.2) is 0 Å². The summed E-state index contributed by atoms with van der Waals surface area (Å²) in [6, 6.07) is 15.0. The molecule has 0 spiro atoms. The van der Waals surface area contributed by atoms with Crippen molar-refractivity contribution < 1.29 is 19.1 Å². The fraction of sp³-hybridized carbons (Fsp3) is 0.263. The molecule has 1 amide bonds. The minimum Gasteiger partial charge on any atom is -0.495 e. The second kappa shape index (κ2) is 9.13. The molecule has 0 saturated carbocycles. The van der Waals surface area contributed by atoms with Gasteiger partial charge in [-0.15, -0.1) is 11.8 Å². The van der Waals surface area contributed by atoms with Gasteiger partial charge in [-0.05, 0) is 43.7 Å². The van der Waals surface area contributed by atoms with Gasteiger partial charge in [0.15, 0.2) is 6.10 Å². The Morgan fingerprint density at radius 1 is 1.16 bits per heavy atom. The molecule has 0 aliphatic carbocycles. The Labute approximate surface area is 151 Å². The highest BCUT2D eigenvalue weighted by Gasteiger charge is 2.19. The molecule has 0 fully saturated rings. The van der Waals surface area contributed by atoms with Gasteiger partial charge < -0.3 is 14.8 Å². The molecule has 0 aliphatic rings. The van der Waals surface area contributed by atoms with Crippen LogP contribution in [0.1, 0.15) is 12.5 Å². The van der Waals surface area contributed by atoms with Crippen LogP contribution < -0.4 is 10.1 Å². The fourth-order valence-corrected chi connectivity index (χ4v) is 2.80. The molecular formula is C19H21NO4S. The molecule has 0 aliphatic heterocycles. The van der Waals surface area contributed by atoms with Crippen molar-refractivity contribution >= 4 is 29.3 Å². The number of esters is 1. The maximum atomic E-state index is 12.3. The second-order valence-electron chi connectivity index (χ2n) is 5.43. The van der Waals surface area contributed by atoms with Crippen molar-refractivity contribution in [3.05, 3.63) is 54.1 Å². The first-order chi connectivity index (χ1) is 12.0. The van der Waals surface area contributed by atoms with Gasteiger partial charge in [-0.2, -0.15) is 0 Å². The SMILES string of the molecule is COc1ccc(C)cc1NC(=O)[C@H](C)OC(=O)CSc1ccccc1. The highest BCUT2D eigenvalue weighted by molar-refractivity contribution is 8.00. The number of benzene rings is 2. The van der Waals surface area contributed by atoms with Crippen LogP contribution in [0.4, 0.5) is 5.69 Å². The lowest BCUT2D eigenvalue weighted by molar-refractivity contribution is -0.150. The maximum Gasteiger partial charge on any atom is 0.317 e. The summed E-state index contributed by atoms with van der Waals surface area (Å²) in [6.45, 7) is 3.46. The van der Waals surface area contributed by atoms with Crippen LogP contribution in [0.25, 0.3) is 0 Å². The van der Waals surface area contributed by atoms with E-state index in [1.54, 1.807) is 19.1 Å². The number of rotatable bonds is 7. The first-order valence-corrected chi connectivity index (χ1v) is 8.81. The zero-order chi connectivity index (χ0) is 18.2. The van der Waals surface area contributed by atoms with E-state index < -0.39 is 18.0 Å². The van der Waals surface area contributed by atoms with Gasteiger partial charge in [0.2, 0.25) is 0 Å². The van der Waals surface area contributed by atoms with Crippen LogP contribution in [0.5, 0.6) is 5.75 Å². The number of ether oxygens (including phenoxy) is 2. The van der Waals surface area contributed by atoms with E-state index in [0.29, 0.717) is 11.4 Å². The number of anilines is 1. The highest BCUT2D eigenvalue weighted by Crippen LogP contribution is 2.25. The Morgan fingerprint density at radius 2 is 1.88 bits per heavy atom. The third-order valence-electron chi connectivity index (χ3n) is 3.39. The molecule has 0 saturated heterocycles. The minimum absolute atomic E-state index is 0.148. The third kappa shape index (κ3) is 5.83. The topological polar surface area (TPSA) is 64.6 Å².